The predicted molar refractivity (Wildman–Crippen MR) is 90.1 cm³/mol. The maximum atomic E-state index is 12.5. The topological polar surface area (TPSA) is 49.9 Å². The lowest BCUT2D eigenvalue weighted by Crippen LogP contribution is -2.46. The molecule has 1 aromatic carbocycles. The zero-order valence-corrected chi connectivity index (χ0v) is 14.3. The minimum absolute atomic E-state index is 0.00834. The van der Waals surface area contributed by atoms with Crippen molar-refractivity contribution in [3.8, 4) is 0 Å². The average molecular weight is 334 g/mol. The second kappa shape index (κ2) is 6.93. The number of hydrogen-bond donors (Lipinski definition) is 0. The third-order valence-corrected chi connectivity index (χ3v) is 5.64. The summed E-state index contributed by atoms with van der Waals surface area (Å²) >= 11 is 1.61. The second-order valence-electron chi connectivity index (χ2n) is 6.00. The maximum absolute atomic E-state index is 12.5. The van der Waals surface area contributed by atoms with Crippen molar-refractivity contribution in [1.82, 2.24) is 9.80 Å². The molecule has 124 valence electrons. The zero-order chi connectivity index (χ0) is 16.4. The molecule has 2 aliphatic rings. The van der Waals surface area contributed by atoms with E-state index in [1.807, 2.05) is 32.0 Å². The van der Waals surface area contributed by atoms with Crippen LogP contribution in [0, 0.1) is 6.92 Å². The molecule has 0 bridgehead atoms. The zero-order valence-electron chi connectivity index (χ0n) is 13.5. The maximum Gasteiger partial charge on any atom is 0.242 e. The lowest BCUT2D eigenvalue weighted by atomic mass is 10.1. The van der Waals surface area contributed by atoms with Crippen molar-refractivity contribution in [3.63, 3.8) is 0 Å². The Balaban J connectivity index is 1.76. The van der Waals surface area contributed by atoms with Crippen LogP contribution in [0.2, 0.25) is 0 Å². The van der Waals surface area contributed by atoms with E-state index in [0.717, 1.165) is 11.1 Å². The predicted octanol–water partition coefficient (Wildman–Crippen LogP) is 1.82. The molecule has 1 aromatic rings. The first kappa shape index (κ1) is 16.3. The van der Waals surface area contributed by atoms with Gasteiger partial charge in [0.15, 0.2) is 0 Å². The molecule has 0 aliphatic carbocycles. The Morgan fingerprint density at radius 3 is 2.78 bits per heavy atom. The SMILES string of the molecule is Cc1cccc([C@@H]2S[C@@H](C)C(=O)N2CC(=O)N2CCOCC2)c1. The first-order chi connectivity index (χ1) is 11.1. The number of ether oxygens (including phenoxy) is 1. The second-order valence-corrected chi connectivity index (χ2v) is 7.43. The number of morpholine rings is 1. The Morgan fingerprint density at radius 2 is 2.09 bits per heavy atom. The van der Waals surface area contributed by atoms with E-state index < -0.39 is 0 Å². The van der Waals surface area contributed by atoms with E-state index in [1.54, 1.807) is 21.6 Å². The van der Waals surface area contributed by atoms with Gasteiger partial charge in [-0.25, -0.2) is 0 Å². The Hall–Kier alpha value is -1.53. The molecule has 0 aromatic heterocycles. The number of rotatable bonds is 3. The van der Waals surface area contributed by atoms with Gasteiger partial charge in [-0.05, 0) is 19.4 Å². The molecule has 2 heterocycles. The van der Waals surface area contributed by atoms with Crippen molar-refractivity contribution in [2.24, 2.45) is 0 Å². The van der Waals surface area contributed by atoms with Gasteiger partial charge in [0.2, 0.25) is 11.8 Å². The summed E-state index contributed by atoms with van der Waals surface area (Å²) in [5, 5.41) is -0.194. The molecule has 0 radical (unpaired) electrons. The van der Waals surface area contributed by atoms with Crippen LogP contribution in [0.1, 0.15) is 23.4 Å². The van der Waals surface area contributed by atoms with Gasteiger partial charge in [0.25, 0.3) is 0 Å². The molecule has 2 atom stereocenters. The quantitative estimate of drug-likeness (QED) is 0.846. The van der Waals surface area contributed by atoms with E-state index in [-0.39, 0.29) is 29.0 Å². The highest BCUT2D eigenvalue weighted by Crippen LogP contribution is 2.42. The molecule has 2 amide bonds. The van der Waals surface area contributed by atoms with Crippen molar-refractivity contribution in [2.75, 3.05) is 32.8 Å². The molecule has 23 heavy (non-hydrogen) atoms. The number of nitrogens with zero attached hydrogens (tertiary/aromatic N) is 2. The van der Waals surface area contributed by atoms with Gasteiger partial charge in [0.1, 0.15) is 11.9 Å². The number of aryl methyl sites for hydroxylation is 1. The third-order valence-electron chi connectivity index (χ3n) is 4.24. The van der Waals surface area contributed by atoms with E-state index in [4.69, 9.17) is 4.74 Å². The Morgan fingerprint density at radius 1 is 1.35 bits per heavy atom. The van der Waals surface area contributed by atoms with E-state index in [9.17, 15) is 9.59 Å². The summed E-state index contributed by atoms with van der Waals surface area (Å²) in [6, 6.07) is 8.16. The molecular weight excluding hydrogens is 312 g/mol. The highest BCUT2D eigenvalue weighted by atomic mass is 32.2. The molecule has 0 N–H and O–H groups in total. The van der Waals surface area contributed by atoms with Crippen LogP contribution in [0.5, 0.6) is 0 Å². The molecular formula is C17H22N2O3S. The fraction of sp³-hybridized carbons (Fsp3) is 0.529. The summed E-state index contributed by atoms with van der Waals surface area (Å²) in [6.45, 7) is 6.47. The van der Waals surface area contributed by atoms with E-state index in [2.05, 4.69) is 6.07 Å². The van der Waals surface area contributed by atoms with Crippen LogP contribution in [-0.4, -0.2) is 59.7 Å². The number of amides is 2. The monoisotopic (exact) mass is 334 g/mol. The van der Waals surface area contributed by atoms with Crippen LogP contribution in [0.3, 0.4) is 0 Å². The van der Waals surface area contributed by atoms with Gasteiger partial charge in [-0.15, -0.1) is 11.8 Å². The molecule has 2 aliphatic heterocycles. The van der Waals surface area contributed by atoms with Gasteiger partial charge in [-0.3, -0.25) is 9.59 Å². The van der Waals surface area contributed by atoms with Crippen molar-refractivity contribution in [2.45, 2.75) is 24.5 Å². The fourth-order valence-corrected chi connectivity index (χ4v) is 4.24. The Bertz CT molecular complexity index is 601. The minimum Gasteiger partial charge on any atom is -0.378 e. The largest absolute Gasteiger partial charge is 0.378 e. The summed E-state index contributed by atoms with van der Waals surface area (Å²) < 4.78 is 5.28. The molecule has 0 spiro atoms. The number of carbonyl (C=O) groups is 2. The van der Waals surface area contributed by atoms with E-state index in [1.165, 1.54) is 0 Å². The summed E-state index contributed by atoms with van der Waals surface area (Å²) in [4.78, 5) is 28.5. The van der Waals surface area contributed by atoms with Crippen molar-refractivity contribution in [1.29, 1.82) is 0 Å². The van der Waals surface area contributed by atoms with Crippen LogP contribution in [0.25, 0.3) is 0 Å². The summed E-state index contributed by atoms with van der Waals surface area (Å²) in [5.41, 5.74) is 2.25. The molecule has 2 saturated heterocycles. The first-order valence-corrected chi connectivity index (χ1v) is 8.88. The number of thioether (sulfide) groups is 1. The van der Waals surface area contributed by atoms with Crippen LogP contribution in [0.4, 0.5) is 0 Å². The molecule has 2 fully saturated rings. The Labute approximate surface area is 141 Å². The normalized spacial score (nSPS) is 25.0. The van der Waals surface area contributed by atoms with Crippen LogP contribution in [0.15, 0.2) is 24.3 Å². The standard InChI is InChI=1S/C17H22N2O3S/c1-12-4-3-5-14(10-12)17-19(16(21)13(2)23-17)11-15(20)18-6-8-22-9-7-18/h3-5,10,13,17H,6-9,11H2,1-2H3/t13-,17-/m0/s1. The Kier molecular flexibility index (Phi) is 4.92. The molecule has 0 unspecified atom stereocenters. The fourth-order valence-electron chi connectivity index (χ4n) is 2.98. The highest BCUT2D eigenvalue weighted by Gasteiger charge is 2.40. The van der Waals surface area contributed by atoms with Crippen molar-refractivity contribution in [3.05, 3.63) is 35.4 Å². The third kappa shape index (κ3) is 3.53. The van der Waals surface area contributed by atoms with Gasteiger partial charge >= 0.3 is 0 Å². The highest BCUT2D eigenvalue weighted by molar-refractivity contribution is 8.01. The number of carbonyl (C=O) groups excluding carboxylic acids is 2. The number of hydrogen-bond acceptors (Lipinski definition) is 4. The molecule has 6 heteroatoms. The average Bonchev–Trinajstić information content (AvgIpc) is 2.84. The van der Waals surface area contributed by atoms with Gasteiger partial charge in [0, 0.05) is 13.1 Å². The van der Waals surface area contributed by atoms with Crippen LogP contribution in [-0.2, 0) is 14.3 Å². The summed E-state index contributed by atoms with van der Waals surface area (Å²) in [6.07, 6.45) is 0. The van der Waals surface area contributed by atoms with Gasteiger partial charge in [-0.2, -0.15) is 0 Å². The number of benzene rings is 1. The minimum atomic E-state index is -0.113. The van der Waals surface area contributed by atoms with E-state index >= 15 is 0 Å². The summed E-state index contributed by atoms with van der Waals surface area (Å²) in [7, 11) is 0. The molecule has 5 nitrogen and oxygen atoms in total. The van der Waals surface area contributed by atoms with Crippen LogP contribution >= 0.6 is 11.8 Å². The first-order valence-electron chi connectivity index (χ1n) is 7.94. The molecule has 0 saturated carbocycles. The van der Waals surface area contributed by atoms with Gasteiger partial charge < -0.3 is 14.5 Å². The van der Waals surface area contributed by atoms with E-state index in [0.29, 0.717) is 26.3 Å². The lowest BCUT2D eigenvalue weighted by molar-refractivity contribution is -0.142. The van der Waals surface area contributed by atoms with Crippen molar-refractivity contribution >= 4 is 23.6 Å². The summed E-state index contributed by atoms with van der Waals surface area (Å²) in [5.74, 6) is 0.0529. The molecule has 3 rings (SSSR count). The van der Waals surface area contributed by atoms with Crippen LogP contribution < -0.4 is 0 Å². The van der Waals surface area contributed by atoms with Crippen molar-refractivity contribution < 1.29 is 14.3 Å². The van der Waals surface area contributed by atoms with Gasteiger partial charge in [0.05, 0.1) is 18.5 Å². The lowest BCUT2D eigenvalue weighted by Gasteiger charge is -2.30. The smallest absolute Gasteiger partial charge is 0.242 e. The van der Waals surface area contributed by atoms with Gasteiger partial charge in [-0.1, -0.05) is 29.8 Å².